The molecule has 0 aliphatic carbocycles. The zero-order valence-electron chi connectivity index (χ0n) is 20.5. The Balaban J connectivity index is 0.000000676. The van der Waals surface area contributed by atoms with Crippen LogP contribution in [0.4, 0.5) is 69.1 Å². The average Bonchev–Trinajstić information content (AvgIpc) is 2.81. The van der Waals surface area contributed by atoms with E-state index >= 15 is 0 Å². The first-order valence-electron chi connectivity index (χ1n) is 10.9. The summed E-state index contributed by atoms with van der Waals surface area (Å²) in [5.74, 6) is -4.45. The summed E-state index contributed by atoms with van der Waals surface area (Å²) in [7, 11) is -10.7. The van der Waals surface area contributed by atoms with Gasteiger partial charge in [-0.05, 0) is 0 Å². The molecular formula is C24H10F16IrN2P-. The second kappa shape index (κ2) is 11.2. The molecule has 0 fully saturated rings. The van der Waals surface area contributed by atoms with Crippen molar-refractivity contribution in [1.29, 1.82) is 0 Å². The maximum atomic E-state index is 14.8. The number of pyridine rings is 2. The molecule has 2 nitrogen and oxygen atoms in total. The van der Waals surface area contributed by atoms with Gasteiger partial charge >= 0.3 is 243 Å². The molecule has 2 aromatic carbocycles. The van der Waals surface area contributed by atoms with Gasteiger partial charge in [0.2, 0.25) is 0 Å². The third-order valence-corrected chi connectivity index (χ3v) is 8.03. The maximum absolute atomic E-state index is 14.8. The monoisotopic (exact) mass is 854 g/mol. The van der Waals surface area contributed by atoms with Crippen molar-refractivity contribution in [2.45, 2.75) is 12.4 Å². The van der Waals surface area contributed by atoms with E-state index in [1.54, 1.807) is 0 Å². The molecule has 0 N–H and O–H groups in total. The topological polar surface area (TPSA) is 25.8 Å². The summed E-state index contributed by atoms with van der Waals surface area (Å²) < 4.78 is 194. The number of benzene rings is 2. The molecule has 2 heterocycles. The van der Waals surface area contributed by atoms with E-state index in [0.717, 1.165) is 24.3 Å². The van der Waals surface area contributed by atoms with E-state index in [4.69, 9.17) is 0 Å². The number of hydrogen-bond donors (Lipinski definition) is 0. The molecular weight excluding hydrogens is 843 g/mol. The van der Waals surface area contributed by atoms with Crippen molar-refractivity contribution in [2.24, 2.45) is 0 Å². The van der Waals surface area contributed by atoms with Crippen molar-refractivity contribution >= 4 is 16.0 Å². The fraction of sp³-hybridized carbons (Fsp3) is 0.0833. The van der Waals surface area contributed by atoms with Gasteiger partial charge in [-0.3, -0.25) is 0 Å². The summed E-state index contributed by atoms with van der Waals surface area (Å²) in [5, 5.41) is 0. The van der Waals surface area contributed by atoms with Gasteiger partial charge in [-0.2, -0.15) is 0 Å². The molecule has 243 valence electrons. The summed E-state index contributed by atoms with van der Waals surface area (Å²) >= 11 is -2.06. The average molecular weight is 854 g/mol. The molecule has 0 aliphatic rings. The Kier molecular flexibility index (Phi) is 8.99. The number of halogens is 16. The van der Waals surface area contributed by atoms with Gasteiger partial charge in [0.05, 0.1) is 0 Å². The van der Waals surface area contributed by atoms with E-state index in [0.29, 0.717) is 36.7 Å². The van der Waals surface area contributed by atoms with Crippen molar-refractivity contribution in [1.82, 2.24) is 9.97 Å². The van der Waals surface area contributed by atoms with Gasteiger partial charge in [0.1, 0.15) is 0 Å². The second-order valence-electron chi connectivity index (χ2n) is 8.34. The fourth-order valence-electron chi connectivity index (χ4n) is 3.19. The first kappa shape index (κ1) is 35.2. The van der Waals surface area contributed by atoms with Crippen molar-refractivity contribution in [2.75, 3.05) is 0 Å². The second-order valence-corrected chi connectivity index (χ2v) is 13.4. The van der Waals surface area contributed by atoms with Gasteiger partial charge < -0.3 is 0 Å². The number of nitrogens with zero attached hydrogens (tertiary/aromatic N) is 2. The molecule has 0 amide bonds. The zero-order valence-corrected chi connectivity index (χ0v) is 23.8. The molecule has 20 heteroatoms. The Hall–Kier alpha value is -3.30. The first-order valence-corrected chi connectivity index (χ1v) is 15.3. The SMILES string of the molecule is F[P-](F)(F)(F)(F)F.Fc1cc(F)c(-c2ccc(C(F)(F)F)cn2)[c]([Ir][c]2cc(F)cc(F)c2-c2ccc(C(F)(F)F)cn2)c1. The molecule has 0 bridgehead atoms. The quantitative estimate of drug-likeness (QED) is 0.151. The minimum atomic E-state index is -10.7. The Bertz CT molecular complexity index is 1540. The van der Waals surface area contributed by atoms with Crippen LogP contribution in [-0.4, -0.2) is 9.97 Å². The van der Waals surface area contributed by atoms with Crippen LogP contribution in [0.1, 0.15) is 11.1 Å². The van der Waals surface area contributed by atoms with E-state index in [9.17, 15) is 69.1 Å². The van der Waals surface area contributed by atoms with E-state index in [1.165, 1.54) is 0 Å². The molecule has 44 heavy (non-hydrogen) atoms. The molecule has 4 aromatic rings. The molecule has 0 aliphatic heterocycles. The van der Waals surface area contributed by atoms with Gasteiger partial charge in [0.25, 0.3) is 0 Å². The van der Waals surface area contributed by atoms with Crippen molar-refractivity contribution in [3.63, 3.8) is 0 Å². The molecule has 0 unspecified atom stereocenters. The van der Waals surface area contributed by atoms with Crippen LogP contribution in [0.3, 0.4) is 0 Å². The predicted octanol–water partition coefficient (Wildman–Crippen LogP) is 9.82. The standard InChI is InChI=1S/2C12H5F5N.F6P.Ir/c2*13-8-2-3-9(10(14)5-8)11-4-1-7(6-18-11)12(15,16)17;1-7(2,3,4,5)6;/h2*1-2,4-6H;;/q;;-1;. The number of rotatable bonds is 4. The predicted molar refractivity (Wildman–Crippen MR) is 122 cm³/mol. The van der Waals surface area contributed by atoms with Crippen molar-refractivity contribution < 1.29 is 86.8 Å². The number of aromatic nitrogens is 2. The van der Waals surface area contributed by atoms with Crippen LogP contribution in [0.25, 0.3) is 22.5 Å². The Morgan fingerprint density at radius 2 is 0.841 bits per heavy atom. The van der Waals surface area contributed by atoms with Gasteiger partial charge in [0, 0.05) is 0 Å². The summed E-state index contributed by atoms with van der Waals surface area (Å²) in [6.45, 7) is 0. The molecule has 0 saturated heterocycles. The molecule has 0 saturated carbocycles. The Morgan fingerprint density at radius 1 is 0.523 bits per heavy atom. The molecule has 4 rings (SSSR count). The van der Waals surface area contributed by atoms with E-state index < -0.39 is 72.3 Å². The van der Waals surface area contributed by atoms with Crippen molar-refractivity contribution in [3.05, 3.63) is 95.3 Å². The van der Waals surface area contributed by atoms with Crippen LogP contribution in [0.5, 0.6) is 0 Å². The van der Waals surface area contributed by atoms with Crippen LogP contribution in [0.15, 0.2) is 60.9 Å². The summed E-state index contributed by atoms with van der Waals surface area (Å²) in [6.07, 6.45) is -8.51. The normalized spacial score (nSPS) is 14.0. The first-order chi connectivity index (χ1) is 19.7. The van der Waals surface area contributed by atoms with Gasteiger partial charge in [-0.25, -0.2) is 0 Å². The van der Waals surface area contributed by atoms with Crippen LogP contribution in [-0.2, 0) is 30.0 Å². The van der Waals surface area contributed by atoms with Crippen LogP contribution in [0.2, 0.25) is 0 Å². The van der Waals surface area contributed by atoms with Crippen LogP contribution < -0.4 is 8.15 Å². The van der Waals surface area contributed by atoms with Gasteiger partial charge in [-0.1, -0.05) is 0 Å². The van der Waals surface area contributed by atoms with E-state index in [-0.39, 0.29) is 30.7 Å². The minimum absolute atomic E-state index is 0.108. The van der Waals surface area contributed by atoms with Gasteiger partial charge in [0.15, 0.2) is 0 Å². The molecule has 0 radical (unpaired) electrons. The van der Waals surface area contributed by atoms with E-state index in [2.05, 4.69) is 9.97 Å². The summed E-state index contributed by atoms with van der Waals surface area (Å²) in [6, 6.07) is 5.74. The Labute approximate surface area is 243 Å². The summed E-state index contributed by atoms with van der Waals surface area (Å²) in [4.78, 5) is 7.25. The zero-order chi connectivity index (χ0) is 33.5. The van der Waals surface area contributed by atoms with Crippen LogP contribution >= 0.6 is 7.81 Å². The van der Waals surface area contributed by atoms with E-state index in [1.807, 2.05) is 0 Å². The van der Waals surface area contributed by atoms with Gasteiger partial charge in [-0.15, -0.1) is 0 Å². The fourth-order valence-corrected chi connectivity index (χ4v) is 6.67. The summed E-state index contributed by atoms with van der Waals surface area (Å²) in [5.41, 5.74) is -3.53. The number of hydrogen-bond acceptors (Lipinski definition) is 2. The number of alkyl halides is 6. The van der Waals surface area contributed by atoms with Crippen LogP contribution in [0, 0.1) is 23.3 Å². The Morgan fingerprint density at radius 3 is 1.09 bits per heavy atom. The third-order valence-electron chi connectivity index (χ3n) is 4.85. The molecule has 0 atom stereocenters. The third kappa shape index (κ3) is 10.4. The van der Waals surface area contributed by atoms with Crippen molar-refractivity contribution in [3.8, 4) is 22.5 Å². The molecule has 2 aromatic heterocycles. The molecule has 0 spiro atoms.